The zero-order valence-corrected chi connectivity index (χ0v) is 16.4. The lowest BCUT2D eigenvalue weighted by Crippen LogP contribution is -2.07. The number of aryl methyl sites for hydroxylation is 2. The number of nitrogens with zero attached hydrogens (tertiary/aromatic N) is 3. The lowest BCUT2D eigenvalue weighted by molar-refractivity contribution is 0.780. The molecule has 3 aromatic carbocycles. The zero-order chi connectivity index (χ0) is 19.1. The summed E-state index contributed by atoms with van der Waals surface area (Å²) in [6.07, 6.45) is 3.41. The molecule has 3 nitrogen and oxygen atoms in total. The van der Waals surface area contributed by atoms with Crippen LogP contribution in [-0.4, -0.2) is 15.0 Å². The highest BCUT2D eigenvalue weighted by Gasteiger charge is 2.22. The van der Waals surface area contributed by atoms with Crippen LogP contribution < -0.4 is 0 Å². The second-order valence-electron chi connectivity index (χ2n) is 7.41. The summed E-state index contributed by atoms with van der Waals surface area (Å²) in [6, 6.07) is 19.9. The molecule has 4 aromatic rings. The molecule has 0 spiro atoms. The molecule has 1 heterocycles. The molecule has 1 aromatic heterocycles. The van der Waals surface area contributed by atoms with Gasteiger partial charge in [-0.05, 0) is 51.1 Å². The Hall–Kier alpha value is -3.07. The maximum atomic E-state index is 4.72. The van der Waals surface area contributed by atoms with Crippen LogP contribution in [0.15, 0.2) is 54.6 Å². The Morgan fingerprint density at radius 3 is 2.11 bits per heavy atom. The van der Waals surface area contributed by atoms with Crippen LogP contribution in [0.2, 0.25) is 0 Å². The number of fused-ring (bicyclic) bond motifs is 5. The highest BCUT2D eigenvalue weighted by Crippen LogP contribution is 2.41. The molecule has 138 valence electrons. The van der Waals surface area contributed by atoms with E-state index in [2.05, 4.69) is 73.4 Å². The van der Waals surface area contributed by atoms with E-state index >= 15 is 0 Å². The molecular weight excluding hydrogens is 342 g/mol. The summed E-state index contributed by atoms with van der Waals surface area (Å²) in [4.78, 5) is 14.0. The Bertz CT molecular complexity index is 1170. The van der Waals surface area contributed by atoms with Gasteiger partial charge in [-0.2, -0.15) is 0 Å². The molecule has 0 radical (unpaired) electrons. The van der Waals surface area contributed by atoms with Crippen LogP contribution >= 0.6 is 0 Å². The van der Waals surface area contributed by atoms with Gasteiger partial charge in [-0.3, -0.25) is 0 Å². The van der Waals surface area contributed by atoms with E-state index in [9.17, 15) is 0 Å². The minimum Gasteiger partial charge on any atom is -0.218 e. The predicted octanol–water partition coefficient (Wildman–Crippen LogP) is 5.31. The smallest absolute Gasteiger partial charge is 0.137 e. The lowest BCUT2D eigenvalue weighted by atomic mass is 9.93. The van der Waals surface area contributed by atoms with Crippen molar-refractivity contribution in [2.45, 2.75) is 39.5 Å². The van der Waals surface area contributed by atoms with Gasteiger partial charge in [0, 0.05) is 19.3 Å². The van der Waals surface area contributed by atoms with Crippen LogP contribution in [0.25, 0.3) is 21.9 Å². The summed E-state index contributed by atoms with van der Waals surface area (Å²) in [7, 11) is 0. The average Bonchev–Trinajstić information content (AvgIpc) is 3.12. The molecule has 1 aliphatic rings. The van der Waals surface area contributed by atoms with Gasteiger partial charge in [0.2, 0.25) is 0 Å². The van der Waals surface area contributed by atoms with Gasteiger partial charge in [-0.25, -0.2) is 15.0 Å². The quantitative estimate of drug-likeness (QED) is 0.433. The van der Waals surface area contributed by atoms with Crippen molar-refractivity contribution in [2.24, 2.45) is 0 Å². The van der Waals surface area contributed by atoms with E-state index in [1.807, 2.05) is 0 Å². The molecule has 0 amide bonds. The molecule has 0 N–H and O–H groups in total. The maximum Gasteiger partial charge on any atom is 0.137 e. The molecule has 0 aliphatic heterocycles. The lowest BCUT2D eigenvalue weighted by Gasteiger charge is -2.12. The number of rotatable bonds is 4. The molecule has 0 atom stereocenters. The van der Waals surface area contributed by atoms with Gasteiger partial charge >= 0.3 is 0 Å². The molecule has 0 saturated heterocycles. The Kier molecular flexibility index (Phi) is 4.16. The Balaban J connectivity index is 1.68. The second kappa shape index (κ2) is 6.83. The van der Waals surface area contributed by atoms with Crippen molar-refractivity contribution in [1.82, 2.24) is 15.0 Å². The summed E-state index contributed by atoms with van der Waals surface area (Å²) in [5.41, 5.74) is 6.89. The van der Waals surface area contributed by atoms with E-state index in [0.29, 0.717) is 0 Å². The topological polar surface area (TPSA) is 38.7 Å². The van der Waals surface area contributed by atoms with Crippen molar-refractivity contribution < 1.29 is 0 Å². The van der Waals surface area contributed by atoms with Crippen LogP contribution in [0.4, 0.5) is 0 Å². The number of hydrogen-bond donors (Lipinski definition) is 0. The first kappa shape index (κ1) is 17.1. The monoisotopic (exact) mass is 365 g/mol. The van der Waals surface area contributed by atoms with Crippen molar-refractivity contribution in [1.29, 1.82) is 0 Å². The molecule has 0 unspecified atom stereocenters. The Morgan fingerprint density at radius 1 is 0.714 bits per heavy atom. The predicted molar refractivity (Wildman–Crippen MR) is 114 cm³/mol. The first-order valence-corrected chi connectivity index (χ1v) is 10.1. The van der Waals surface area contributed by atoms with Gasteiger partial charge in [0.05, 0.1) is 0 Å². The maximum absolute atomic E-state index is 4.72. The van der Waals surface area contributed by atoms with Crippen molar-refractivity contribution in [3.05, 3.63) is 88.8 Å². The molecule has 1 aliphatic carbocycles. The molecule has 5 rings (SSSR count). The minimum atomic E-state index is 0.735. The molecule has 3 heteroatoms. The fourth-order valence-electron chi connectivity index (χ4n) is 4.30. The van der Waals surface area contributed by atoms with Crippen LogP contribution in [-0.2, 0) is 25.7 Å². The van der Waals surface area contributed by atoms with Gasteiger partial charge < -0.3 is 0 Å². The highest BCUT2D eigenvalue weighted by molar-refractivity contribution is 5.97. The molecule has 0 bridgehead atoms. The van der Waals surface area contributed by atoms with Gasteiger partial charge in [0.25, 0.3) is 0 Å². The summed E-state index contributed by atoms with van der Waals surface area (Å²) in [6.45, 7) is 4.19. The largest absolute Gasteiger partial charge is 0.218 e. The van der Waals surface area contributed by atoms with Gasteiger partial charge in [-0.15, -0.1) is 0 Å². The van der Waals surface area contributed by atoms with Gasteiger partial charge in [0.15, 0.2) is 0 Å². The van der Waals surface area contributed by atoms with E-state index in [-0.39, 0.29) is 0 Å². The van der Waals surface area contributed by atoms with E-state index in [1.165, 1.54) is 38.6 Å². The van der Waals surface area contributed by atoms with Crippen LogP contribution in [0.5, 0.6) is 0 Å². The summed E-state index contributed by atoms with van der Waals surface area (Å²) in [5.74, 6) is 2.65. The second-order valence-corrected chi connectivity index (χ2v) is 7.41. The summed E-state index contributed by atoms with van der Waals surface area (Å²) in [5, 5.41) is 2.66. The third-order valence-electron chi connectivity index (χ3n) is 5.67. The summed E-state index contributed by atoms with van der Waals surface area (Å²) >= 11 is 0. The summed E-state index contributed by atoms with van der Waals surface area (Å²) < 4.78 is 0. The molecule has 0 saturated carbocycles. The first-order chi connectivity index (χ1) is 13.8. The van der Waals surface area contributed by atoms with Gasteiger partial charge in [0.1, 0.15) is 17.5 Å². The molecule has 28 heavy (non-hydrogen) atoms. The molecular formula is C25H23N3. The standard InChI is InChI=1S/C25H23N3/c1-3-23-26-24(4-2)28-25(27-23)15-17-14-21-18-10-6-5-9-16(18)13-22(21)20-12-8-7-11-19(17)20/h5-12,14H,3-4,13,15H2,1-2H3. The van der Waals surface area contributed by atoms with Crippen molar-refractivity contribution >= 4 is 10.8 Å². The fraction of sp³-hybridized carbons (Fsp3) is 0.240. The van der Waals surface area contributed by atoms with Gasteiger partial charge in [-0.1, -0.05) is 62.4 Å². The van der Waals surface area contributed by atoms with Crippen molar-refractivity contribution in [3.8, 4) is 11.1 Å². The van der Waals surface area contributed by atoms with E-state index < -0.39 is 0 Å². The SMILES string of the molecule is CCc1nc(CC)nc(Cc2cc3c(c4ccccc24)Cc2ccccc2-3)n1. The van der Waals surface area contributed by atoms with E-state index in [4.69, 9.17) is 9.97 Å². The number of aromatic nitrogens is 3. The first-order valence-electron chi connectivity index (χ1n) is 10.1. The Morgan fingerprint density at radius 2 is 1.36 bits per heavy atom. The van der Waals surface area contributed by atoms with Crippen LogP contribution in [0, 0.1) is 0 Å². The van der Waals surface area contributed by atoms with Crippen molar-refractivity contribution in [2.75, 3.05) is 0 Å². The average molecular weight is 365 g/mol. The van der Waals surface area contributed by atoms with E-state index in [0.717, 1.165) is 43.2 Å². The van der Waals surface area contributed by atoms with Crippen LogP contribution in [0.3, 0.4) is 0 Å². The number of benzene rings is 3. The van der Waals surface area contributed by atoms with Crippen LogP contribution in [0.1, 0.15) is 48.0 Å². The highest BCUT2D eigenvalue weighted by atomic mass is 15.0. The van der Waals surface area contributed by atoms with Crippen molar-refractivity contribution in [3.63, 3.8) is 0 Å². The molecule has 0 fully saturated rings. The van der Waals surface area contributed by atoms with E-state index in [1.54, 1.807) is 0 Å². The number of hydrogen-bond acceptors (Lipinski definition) is 3. The zero-order valence-electron chi connectivity index (χ0n) is 16.4. The fourth-order valence-corrected chi connectivity index (χ4v) is 4.30. The Labute approximate surface area is 165 Å². The normalized spacial score (nSPS) is 12.2. The third-order valence-corrected chi connectivity index (χ3v) is 5.67. The minimum absolute atomic E-state index is 0.735. The third kappa shape index (κ3) is 2.78.